The molecule has 0 bridgehead atoms. The lowest BCUT2D eigenvalue weighted by Gasteiger charge is -2.33. The van der Waals surface area contributed by atoms with E-state index in [4.69, 9.17) is 71.4 Å². The number of hydrogen-bond donors (Lipinski definition) is 2. The highest BCUT2D eigenvalue weighted by molar-refractivity contribution is 5.86. The molecule has 4 aromatic carbocycles. The fraction of sp³-hybridized carbons (Fsp3) is 0.581. The Morgan fingerprint density at radius 2 is 0.750 bits per heavy atom. The third-order valence-corrected chi connectivity index (χ3v) is 13.2. The first-order valence-electron chi connectivity index (χ1n) is 28.3. The second-order valence-corrected chi connectivity index (χ2v) is 19.0. The Bertz CT molecular complexity index is 2250. The summed E-state index contributed by atoms with van der Waals surface area (Å²) in [4.78, 5) is 21.6. The molecule has 2 N–H and O–H groups in total. The van der Waals surface area contributed by atoms with Crippen LogP contribution in [0, 0.1) is 0 Å². The largest absolute Gasteiger partial charge is 0.494 e. The number of ether oxygens (including phenoxy) is 14. The van der Waals surface area contributed by atoms with Gasteiger partial charge < -0.3 is 76.7 Å². The Balaban J connectivity index is 1.04. The zero-order valence-corrected chi connectivity index (χ0v) is 47.7. The first-order valence-corrected chi connectivity index (χ1v) is 28.3. The number of carbonyl (C=O) groups is 2. The predicted molar refractivity (Wildman–Crippen MR) is 305 cm³/mol. The molecular formula is C62H89NO17. The lowest BCUT2D eigenvalue weighted by molar-refractivity contribution is -0.138. The maximum absolute atomic E-state index is 11.2. The van der Waals surface area contributed by atoms with Gasteiger partial charge in [0, 0.05) is 46.3 Å². The summed E-state index contributed by atoms with van der Waals surface area (Å²) >= 11 is 0. The van der Waals surface area contributed by atoms with Gasteiger partial charge in [-0.15, -0.1) is 0 Å². The second-order valence-electron chi connectivity index (χ2n) is 19.0. The minimum Gasteiger partial charge on any atom is -0.494 e. The summed E-state index contributed by atoms with van der Waals surface area (Å²) in [5, 5.41) is 11.4. The molecule has 0 atom stereocenters. The fourth-order valence-electron chi connectivity index (χ4n) is 9.15. The highest BCUT2D eigenvalue weighted by atomic mass is 16.6. The first-order chi connectivity index (χ1) is 39.3. The van der Waals surface area contributed by atoms with Crippen molar-refractivity contribution in [1.82, 2.24) is 5.32 Å². The number of aliphatic carboxylic acids is 1. The van der Waals surface area contributed by atoms with E-state index in [-0.39, 0.29) is 24.3 Å². The lowest BCUT2D eigenvalue weighted by Crippen LogP contribution is -2.27. The van der Waals surface area contributed by atoms with Crippen molar-refractivity contribution < 1.29 is 81.0 Å². The standard InChI is InChI=1S/C62H89NO17/c1-50(64)63-23-4-5-26-79-55-14-8-51(9-15-55)53-12-18-57-58-19-13-54(49-60(58)62(59(57)48-53,21-6-24-69-30-28-67-2)22-7-25-70-31-29-68-3)52-10-16-56(17-11-52)80-47-46-78-45-44-77-43-42-76-41-40-75-39-38-74-37-36-73-35-34-72-33-32-71-27-20-61(65)66/h8-19,48-49H,4-7,20-47H2,1-3H3,(H,63,64)(H,65,66). The number of fused-ring (bicyclic) bond motifs is 3. The maximum atomic E-state index is 11.2. The van der Waals surface area contributed by atoms with Crippen LogP contribution >= 0.6 is 0 Å². The molecule has 0 aromatic heterocycles. The van der Waals surface area contributed by atoms with Crippen molar-refractivity contribution in [1.29, 1.82) is 0 Å². The van der Waals surface area contributed by atoms with Crippen LogP contribution in [0.2, 0.25) is 0 Å². The molecule has 0 heterocycles. The van der Waals surface area contributed by atoms with E-state index in [2.05, 4.69) is 66.0 Å². The summed E-state index contributed by atoms with van der Waals surface area (Å²) in [6.07, 6.45) is 5.28. The summed E-state index contributed by atoms with van der Waals surface area (Å²) < 4.78 is 78.8. The van der Waals surface area contributed by atoms with Gasteiger partial charge in [-0.3, -0.25) is 9.59 Å². The molecule has 0 spiro atoms. The van der Waals surface area contributed by atoms with Gasteiger partial charge in [0.05, 0.1) is 145 Å². The molecule has 0 fully saturated rings. The molecule has 0 saturated heterocycles. The quantitative estimate of drug-likeness (QED) is 0.0399. The van der Waals surface area contributed by atoms with Crippen molar-refractivity contribution in [2.45, 2.75) is 57.3 Å². The molecule has 18 heteroatoms. The van der Waals surface area contributed by atoms with E-state index in [0.29, 0.717) is 159 Å². The first kappa shape index (κ1) is 65.7. The van der Waals surface area contributed by atoms with Crippen LogP contribution in [0.25, 0.3) is 33.4 Å². The number of carbonyl (C=O) groups excluding carboxylic acids is 1. The van der Waals surface area contributed by atoms with Crippen LogP contribution in [-0.2, 0) is 71.8 Å². The smallest absolute Gasteiger partial charge is 0.305 e. The highest BCUT2D eigenvalue weighted by Crippen LogP contribution is 2.55. The molecule has 80 heavy (non-hydrogen) atoms. The molecule has 4 aromatic rings. The number of carboxylic acid groups (broad SMARTS) is 1. The van der Waals surface area contributed by atoms with E-state index >= 15 is 0 Å². The molecular weight excluding hydrogens is 1030 g/mol. The zero-order valence-electron chi connectivity index (χ0n) is 47.7. The van der Waals surface area contributed by atoms with Crippen LogP contribution in [0.3, 0.4) is 0 Å². The number of amides is 1. The van der Waals surface area contributed by atoms with Crippen molar-refractivity contribution in [3.05, 3.63) is 96.1 Å². The summed E-state index contributed by atoms with van der Waals surface area (Å²) in [6, 6.07) is 30.5. The number of rotatable bonds is 50. The van der Waals surface area contributed by atoms with Gasteiger partial charge >= 0.3 is 5.97 Å². The number of hydrogen-bond acceptors (Lipinski definition) is 16. The summed E-state index contributed by atoms with van der Waals surface area (Å²) in [7, 11) is 3.39. The van der Waals surface area contributed by atoms with E-state index in [1.54, 1.807) is 14.2 Å². The molecule has 0 radical (unpaired) electrons. The fourth-order valence-corrected chi connectivity index (χ4v) is 9.15. The number of unbranched alkanes of at least 4 members (excludes halogenated alkanes) is 1. The number of carboxylic acids is 1. The number of benzene rings is 4. The van der Waals surface area contributed by atoms with Crippen molar-refractivity contribution in [2.24, 2.45) is 0 Å². The molecule has 0 unspecified atom stereocenters. The zero-order chi connectivity index (χ0) is 56.6. The molecule has 0 saturated carbocycles. The SMILES string of the molecule is COCCOCCCC1(CCCOCCOC)c2cc(-c3ccc(OCCCCNC(C)=O)cc3)ccc2-c2ccc(-c3ccc(OCCOCCOCCOCCOCCOCCOCCOCCOCCC(=O)O)cc3)cc21. The minimum absolute atomic E-state index is 0.0115. The van der Waals surface area contributed by atoms with E-state index in [1.807, 2.05) is 24.3 Å². The molecule has 5 rings (SSSR count). The van der Waals surface area contributed by atoms with Crippen LogP contribution in [-0.4, -0.2) is 196 Å². The second kappa shape index (κ2) is 41.0. The monoisotopic (exact) mass is 1120 g/mol. The Morgan fingerprint density at radius 3 is 1.14 bits per heavy atom. The van der Waals surface area contributed by atoms with Crippen LogP contribution < -0.4 is 14.8 Å². The molecule has 0 aliphatic heterocycles. The normalized spacial score (nSPS) is 12.4. The topological polar surface area (TPSA) is 196 Å². The van der Waals surface area contributed by atoms with Gasteiger partial charge in [0.1, 0.15) is 18.1 Å². The lowest BCUT2D eigenvalue weighted by atomic mass is 9.70. The van der Waals surface area contributed by atoms with Gasteiger partial charge in [-0.25, -0.2) is 0 Å². The summed E-state index contributed by atoms with van der Waals surface area (Å²) in [6.45, 7) is 13.6. The average Bonchev–Trinajstić information content (AvgIpc) is 4.01. The third-order valence-electron chi connectivity index (χ3n) is 13.2. The van der Waals surface area contributed by atoms with Gasteiger partial charge in [-0.05, 0) is 119 Å². The Kier molecular flexibility index (Phi) is 33.7. The van der Waals surface area contributed by atoms with Crippen molar-refractivity contribution in [2.75, 3.05) is 179 Å². The molecule has 1 amide bonds. The van der Waals surface area contributed by atoms with Crippen LogP contribution in [0.5, 0.6) is 11.5 Å². The van der Waals surface area contributed by atoms with Crippen LogP contribution in [0.4, 0.5) is 0 Å². The minimum atomic E-state index is -0.879. The average molecular weight is 1120 g/mol. The molecule has 1 aliphatic carbocycles. The predicted octanol–water partition coefficient (Wildman–Crippen LogP) is 8.45. The van der Waals surface area contributed by atoms with Gasteiger partial charge in [-0.1, -0.05) is 48.5 Å². The third kappa shape index (κ3) is 25.4. The van der Waals surface area contributed by atoms with E-state index in [0.717, 1.165) is 72.3 Å². The van der Waals surface area contributed by atoms with E-state index in [1.165, 1.54) is 29.2 Å². The molecule has 1 aliphatic rings. The van der Waals surface area contributed by atoms with Crippen molar-refractivity contribution in [3.8, 4) is 44.9 Å². The van der Waals surface area contributed by atoms with Crippen LogP contribution in [0.1, 0.15) is 63.0 Å². The van der Waals surface area contributed by atoms with E-state index < -0.39 is 5.97 Å². The van der Waals surface area contributed by atoms with Crippen LogP contribution in [0.15, 0.2) is 84.9 Å². The summed E-state index contributed by atoms with van der Waals surface area (Å²) in [5.74, 6) is 0.712. The van der Waals surface area contributed by atoms with Gasteiger partial charge in [-0.2, -0.15) is 0 Å². The van der Waals surface area contributed by atoms with Gasteiger partial charge in [0.15, 0.2) is 0 Å². The van der Waals surface area contributed by atoms with Gasteiger partial charge in [0.25, 0.3) is 0 Å². The summed E-state index contributed by atoms with van der Waals surface area (Å²) in [5.41, 5.74) is 9.42. The van der Waals surface area contributed by atoms with Crippen molar-refractivity contribution >= 4 is 11.9 Å². The molecule has 444 valence electrons. The van der Waals surface area contributed by atoms with Gasteiger partial charge in [0.2, 0.25) is 5.91 Å². The number of methoxy groups -OCH3 is 2. The van der Waals surface area contributed by atoms with E-state index in [9.17, 15) is 9.59 Å². The Morgan fingerprint density at radius 1 is 0.400 bits per heavy atom. The highest BCUT2D eigenvalue weighted by Gasteiger charge is 2.43. The Hall–Kier alpha value is -5.06. The molecule has 18 nitrogen and oxygen atoms in total. The van der Waals surface area contributed by atoms with Crippen molar-refractivity contribution in [3.63, 3.8) is 0 Å². The maximum Gasteiger partial charge on any atom is 0.305 e. The number of nitrogens with one attached hydrogen (secondary N) is 1. The Labute approximate surface area is 474 Å².